The molecule has 0 amide bonds. The minimum Gasteiger partial charge on any atom is -0.506 e. The number of aromatic hydroxyl groups is 1. The number of carbonyl (C=O) groups is 2. The predicted octanol–water partition coefficient (Wildman–Crippen LogP) is 8.14. The van der Waals surface area contributed by atoms with Crippen molar-refractivity contribution in [2.24, 2.45) is 5.92 Å². The number of hydrogen-bond donors (Lipinski definition) is 5. The molecule has 1 aliphatic rings. The van der Waals surface area contributed by atoms with Crippen molar-refractivity contribution in [3.8, 4) is 11.5 Å². The van der Waals surface area contributed by atoms with Crippen molar-refractivity contribution in [1.82, 2.24) is 15.2 Å². The summed E-state index contributed by atoms with van der Waals surface area (Å²) in [6.45, 7) is 4.04. The fraction of sp³-hybridized carbons (Fsp3) is 0.255. The van der Waals surface area contributed by atoms with Gasteiger partial charge >= 0.3 is 5.97 Å². The van der Waals surface area contributed by atoms with E-state index in [1.54, 1.807) is 60.7 Å². The molecule has 1 aromatic heterocycles. The highest BCUT2D eigenvalue weighted by Gasteiger charge is 2.42. The first kappa shape index (κ1) is 45.7. The van der Waals surface area contributed by atoms with Crippen LogP contribution in [0.1, 0.15) is 74.7 Å². The molecule has 338 valence electrons. The highest BCUT2D eigenvalue weighted by atomic mass is 16.5. The summed E-state index contributed by atoms with van der Waals surface area (Å²) in [6, 6.07) is 47.7. The molecule has 2 heterocycles. The minimum atomic E-state index is -1.99. The fourth-order valence-corrected chi connectivity index (χ4v) is 8.52. The van der Waals surface area contributed by atoms with Gasteiger partial charge in [-0.15, -0.1) is 0 Å². The van der Waals surface area contributed by atoms with Crippen LogP contribution in [0.15, 0.2) is 163 Å². The van der Waals surface area contributed by atoms with Crippen LogP contribution in [0, 0.1) is 5.92 Å². The Morgan fingerprint density at radius 3 is 2.11 bits per heavy atom. The normalized spacial score (nSPS) is 14.6. The quantitative estimate of drug-likeness (QED) is 0.0396. The van der Waals surface area contributed by atoms with E-state index in [0.717, 1.165) is 49.2 Å². The SMILES string of the molecule is O=C(CCc1ccc(COc2ccc(C(O)(C(=O)OCC3CCN(Cc4ccccc4)CC3)c3ccccc3)cc2)cc1)c1ccc(CNC[C@H](O)c2ccc(O)c3[nH]c(=O)ccc23)cc1. The number of ether oxygens (including phenoxy) is 2. The number of H-pyrrole nitrogens is 1. The summed E-state index contributed by atoms with van der Waals surface area (Å²) in [7, 11) is 0. The van der Waals surface area contributed by atoms with E-state index >= 15 is 0 Å². The number of rotatable bonds is 19. The maximum atomic E-state index is 13.8. The lowest BCUT2D eigenvalue weighted by Gasteiger charge is -2.33. The number of pyridine rings is 1. The molecule has 8 rings (SSSR count). The van der Waals surface area contributed by atoms with Gasteiger partial charge in [-0.2, -0.15) is 0 Å². The van der Waals surface area contributed by atoms with E-state index in [1.165, 1.54) is 17.7 Å². The predicted molar refractivity (Wildman–Crippen MR) is 254 cm³/mol. The molecule has 66 heavy (non-hydrogen) atoms. The van der Waals surface area contributed by atoms with Gasteiger partial charge in [0, 0.05) is 43.1 Å². The van der Waals surface area contributed by atoms with E-state index in [-0.39, 0.29) is 41.7 Å². The van der Waals surface area contributed by atoms with Gasteiger partial charge in [0.15, 0.2) is 5.78 Å². The van der Waals surface area contributed by atoms with Crippen LogP contribution in [-0.2, 0) is 41.2 Å². The van der Waals surface area contributed by atoms with Gasteiger partial charge in [-0.05, 0) is 101 Å². The van der Waals surface area contributed by atoms with Crippen LogP contribution in [0.3, 0.4) is 0 Å². The molecule has 0 radical (unpaired) electrons. The van der Waals surface area contributed by atoms with Crippen LogP contribution in [0.25, 0.3) is 10.9 Å². The van der Waals surface area contributed by atoms with Crippen molar-refractivity contribution in [3.05, 3.63) is 213 Å². The van der Waals surface area contributed by atoms with Crippen LogP contribution >= 0.6 is 0 Å². The molecule has 11 nitrogen and oxygen atoms in total. The van der Waals surface area contributed by atoms with Crippen molar-refractivity contribution in [2.45, 2.75) is 57.1 Å². The second-order valence-electron chi connectivity index (χ2n) is 17.1. The van der Waals surface area contributed by atoms with Crippen LogP contribution in [0.5, 0.6) is 11.5 Å². The number of ketones is 1. The Morgan fingerprint density at radius 2 is 1.39 bits per heavy atom. The molecule has 2 atom stereocenters. The number of aromatic amines is 1. The second-order valence-corrected chi connectivity index (χ2v) is 17.1. The van der Waals surface area contributed by atoms with E-state index < -0.39 is 17.7 Å². The first-order chi connectivity index (χ1) is 32.1. The van der Waals surface area contributed by atoms with E-state index in [9.17, 15) is 29.7 Å². The number of aromatic nitrogens is 1. The van der Waals surface area contributed by atoms with E-state index in [4.69, 9.17) is 9.47 Å². The van der Waals surface area contributed by atoms with Crippen molar-refractivity contribution in [3.63, 3.8) is 0 Å². The van der Waals surface area contributed by atoms with Crippen molar-refractivity contribution in [2.75, 3.05) is 26.2 Å². The van der Waals surface area contributed by atoms with E-state index in [1.807, 2.05) is 60.7 Å². The van der Waals surface area contributed by atoms with Gasteiger partial charge in [-0.1, -0.05) is 127 Å². The summed E-state index contributed by atoms with van der Waals surface area (Å²) < 4.78 is 12.0. The Balaban J connectivity index is 0.780. The van der Waals surface area contributed by atoms with E-state index in [2.05, 4.69) is 39.5 Å². The van der Waals surface area contributed by atoms with Gasteiger partial charge < -0.3 is 35.1 Å². The molecule has 5 N–H and O–H groups in total. The fourth-order valence-electron chi connectivity index (χ4n) is 8.52. The summed E-state index contributed by atoms with van der Waals surface area (Å²) >= 11 is 0. The average molecular weight is 886 g/mol. The molecule has 0 spiro atoms. The molecule has 6 aromatic carbocycles. The van der Waals surface area contributed by atoms with Crippen molar-refractivity contribution < 1.29 is 34.4 Å². The third-order valence-corrected chi connectivity index (χ3v) is 12.4. The standard InChI is InChI=1S/C55H55N3O8/c59-49(43-18-15-39(16-19-43)33-56-34-51(61)47-24-27-50(60)53-48(47)25-28-52(62)57-53)26-17-38-11-13-41(14-12-38)36-65-46-22-20-45(21-23-46)55(64,44-9-5-2-6-10-44)54(63)66-37-42-29-31-58(32-30-42)35-40-7-3-1-4-8-40/h1-16,18-25,27-28,42,51,56,60-61,64H,17,26,29-37H2,(H,57,62)/t51-,55?/m0/s1. The van der Waals surface area contributed by atoms with Gasteiger partial charge in [-0.3, -0.25) is 14.5 Å². The Morgan fingerprint density at radius 1 is 0.742 bits per heavy atom. The number of benzene rings is 6. The molecular formula is C55H55N3O8. The zero-order valence-corrected chi connectivity index (χ0v) is 36.8. The largest absolute Gasteiger partial charge is 0.506 e. The van der Waals surface area contributed by atoms with Gasteiger partial charge in [-0.25, -0.2) is 4.79 Å². The molecule has 1 fully saturated rings. The maximum Gasteiger partial charge on any atom is 0.347 e. The van der Waals surface area contributed by atoms with Gasteiger partial charge in [0.05, 0.1) is 18.2 Å². The van der Waals surface area contributed by atoms with Gasteiger partial charge in [0.25, 0.3) is 0 Å². The van der Waals surface area contributed by atoms with Crippen LogP contribution in [-0.4, -0.2) is 63.2 Å². The number of nitrogens with one attached hydrogen (secondary N) is 2. The highest BCUT2D eigenvalue weighted by molar-refractivity contribution is 5.96. The van der Waals surface area contributed by atoms with Gasteiger partial charge in [0.1, 0.15) is 18.1 Å². The van der Waals surface area contributed by atoms with E-state index in [0.29, 0.717) is 59.4 Å². The number of nitrogens with zero attached hydrogens (tertiary/aromatic N) is 1. The lowest BCUT2D eigenvalue weighted by molar-refractivity contribution is -0.164. The number of carbonyl (C=O) groups excluding carboxylic acids is 2. The molecule has 0 aliphatic carbocycles. The zero-order chi connectivity index (χ0) is 45.9. The Labute approximate surface area is 384 Å². The van der Waals surface area contributed by atoms with Crippen LogP contribution in [0.2, 0.25) is 0 Å². The molecule has 1 aliphatic heterocycles. The Kier molecular flexibility index (Phi) is 14.8. The number of fused-ring (bicyclic) bond motifs is 1. The number of phenols is 1. The zero-order valence-electron chi connectivity index (χ0n) is 36.8. The van der Waals surface area contributed by atoms with Gasteiger partial charge in [0.2, 0.25) is 11.2 Å². The number of phenolic OH excluding ortho intramolecular Hbond substituents is 1. The minimum absolute atomic E-state index is 0.0425. The first-order valence-corrected chi connectivity index (χ1v) is 22.5. The van der Waals surface area contributed by atoms with Crippen molar-refractivity contribution >= 4 is 22.7 Å². The average Bonchev–Trinajstić information content (AvgIpc) is 3.36. The van der Waals surface area contributed by atoms with Crippen LogP contribution < -0.4 is 15.6 Å². The molecular weight excluding hydrogens is 831 g/mol. The number of hydrogen-bond acceptors (Lipinski definition) is 10. The number of aliphatic hydroxyl groups excluding tert-OH is 1. The Bertz CT molecular complexity index is 2750. The molecule has 11 heteroatoms. The molecule has 1 unspecified atom stereocenters. The number of likely N-dealkylation sites (tertiary alicyclic amines) is 1. The maximum absolute atomic E-state index is 13.8. The summed E-state index contributed by atoms with van der Waals surface area (Å²) in [5.41, 5.74) is 4.24. The second kappa shape index (κ2) is 21.4. The van der Waals surface area contributed by atoms with Crippen molar-refractivity contribution in [1.29, 1.82) is 0 Å². The summed E-state index contributed by atoms with van der Waals surface area (Å²) in [6.07, 6.45) is 1.91. The lowest BCUT2D eigenvalue weighted by Crippen LogP contribution is -2.40. The Hall–Kier alpha value is -6.89. The van der Waals surface area contributed by atoms with Crippen LogP contribution in [0.4, 0.5) is 0 Å². The third-order valence-electron chi connectivity index (χ3n) is 12.4. The summed E-state index contributed by atoms with van der Waals surface area (Å²) in [4.78, 5) is 43.6. The number of aliphatic hydroxyl groups is 2. The number of piperidine rings is 1. The number of esters is 1. The number of Topliss-reactive ketones (excluding diaryl/α,β-unsaturated/α-hetero) is 1. The first-order valence-electron chi connectivity index (χ1n) is 22.5. The summed E-state index contributed by atoms with van der Waals surface area (Å²) in [5, 5.41) is 36.9. The molecule has 0 bridgehead atoms. The smallest absolute Gasteiger partial charge is 0.347 e. The molecule has 7 aromatic rings. The summed E-state index contributed by atoms with van der Waals surface area (Å²) in [5.74, 6) is 0.0924. The number of aryl methyl sites for hydroxylation is 1. The highest BCUT2D eigenvalue weighted by Crippen LogP contribution is 2.34. The third kappa shape index (κ3) is 11.3. The lowest BCUT2D eigenvalue weighted by atomic mass is 9.86. The molecule has 1 saturated heterocycles. The monoisotopic (exact) mass is 885 g/mol. The molecule has 0 saturated carbocycles. The topological polar surface area (TPSA) is 161 Å².